The zero-order valence-electron chi connectivity index (χ0n) is 20.6. The lowest BCUT2D eigenvalue weighted by Gasteiger charge is -2.46. The molecule has 35 heavy (non-hydrogen) atoms. The number of methoxy groups -OCH3 is 1. The number of nitrogens with zero attached hydrogens (tertiary/aromatic N) is 2. The van der Waals surface area contributed by atoms with Gasteiger partial charge in [-0.25, -0.2) is 14.4 Å². The second-order valence-electron chi connectivity index (χ2n) is 9.53. The summed E-state index contributed by atoms with van der Waals surface area (Å²) in [5.41, 5.74) is 0.108. The number of hydrogen-bond acceptors (Lipinski definition) is 7. The molecule has 0 unspecified atom stereocenters. The second-order valence-corrected chi connectivity index (χ2v) is 9.53. The van der Waals surface area contributed by atoms with Crippen LogP contribution < -0.4 is 5.32 Å². The van der Waals surface area contributed by atoms with E-state index in [0.717, 1.165) is 5.56 Å². The van der Waals surface area contributed by atoms with Gasteiger partial charge in [0.05, 0.1) is 19.7 Å². The zero-order valence-corrected chi connectivity index (χ0v) is 20.6. The van der Waals surface area contributed by atoms with Crippen molar-refractivity contribution in [2.75, 3.05) is 20.2 Å². The van der Waals surface area contributed by atoms with Crippen molar-refractivity contribution >= 4 is 24.1 Å². The zero-order chi connectivity index (χ0) is 25.6. The van der Waals surface area contributed by atoms with Crippen LogP contribution in [-0.4, -0.2) is 77.8 Å². The van der Waals surface area contributed by atoms with Gasteiger partial charge < -0.3 is 29.3 Å². The molecule has 2 aliphatic heterocycles. The number of fused-ring (bicyclic) bond motifs is 1. The molecule has 0 aromatic heterocycles. The number of carbonyl (C=O) groups excluding carboxylic acids is 4. The Balaban J connectivity index is 1.77. The van der Waals surface area contributed by atoms with Crippen LogP contribution in [0.25, 0.3) is 0 Å². The van der Waals surface area contributed by atoms with Gasteiger partial charge in [-0.15, -0.1) is 0 Å². The first-order valence-corrected chi connectivity index (χ1v) is 11.6. The average Bonchev–Trinajstić information content (AvgIpc) is 2.81. The van der Waals surface area contributed by atoms with Crippen molar-refractivity contribution in [1.82, 2.24) is 15.1 Å². The Morgan fingerprint density at radius 3 is 2.40 bits per heavy atom. The SMILES string of the molecule is COC(=O)[C@@H]1CN(C(=O)OCc2ccccc2)C[C@@H]2C/C=C\C[C@H](NC(=O)OC(C)(C)C)C(=O)N21. The summed E-state index contributed by atoms with van der Waals surface area (Å²) < 4.78 is 15.7. The molecule has 10 nitrogen and oxygen atoms in total. The predicted molar refractivity (Wildman–Crippen MR) is 126 cm³/mol. The number of piperazine rings is 1. The maximum atomic E-state index is 13.5. The predicted octanol–water partition coefficient (Wildman–Crippen LogP) is 2.62. The van der Waals surface area contributed by atoms with Crippen molar-refractivity contribution in [1.29, 1.82) is 0 Å². The van der Waals surface area contributed by atoms with Crippen LogP contribution in [0.5, 0.6) is 0 Å². The highest BCUT2D eigenvalue weighted by atomic mass is 16.6. The van der Waals surface area contributed by atoms with Gasteiger partial charge >= 0.3 is 18.2 Å². The third-order valence-electron chi connectivity index (χ3n) is 5.68. The molecule has 1 aromatic carbocycles. The lowest BCUT2D eigenvalue weighted by molar-refractivity contribution is -0.160. The molecule has 3 rings (SSSR count). The number of esters is 1. The number of hydrogen-bond donors (Lipinski definition) is 1. The molecule has 0 spiro atoms. The van der Waals surface area contributed by atoms with Gasteiger partial charge in [-0.05, 0) is 39.2 Å². The van der Waals surface area contributed by atoms with Crippen molar-refractivity contribution in [2.45, 2.75) is 63.9 Å². The van der Waals surface area contributed by atoms with Crippen molar-refractivity contribution in [3.8, 4) is 0 Å². The minimum absolute atomic E-state index is 0.0780. The molecule has 1 N–H and O–H groups in total. The van der Waals surface area contributed by atoms with Crippen LogP contribution in [0.3, 0.4) is 0 Å². The van der Waals surface area contributed by atoms with Crippen LogP contribution in [0.1, 0.15) is 39.2 Å². The molecular formula is C25H33N3O7. The molecule has 2 aliphatic rings. The Bertz CT molecular complexity index is 958. The molecule has 0 aliphatic carbocycles. The van der Waals surface area contributed by atoms with Crippen LogP contribution >= 0.6 is 0 Å². The van der Waals surface area contributed by atoms with Crippen LogP contribution in [-0.2, 0) is 30.4 Å². The third kappa shape index (κ3) is 6.97. The van der Waals surface area contributed by atoms with Gasteiger partial charge in [-0.1, -0.05) is 42.5 Å². The number of ether oxygens (including phenoxy) is 3. The summed E-state index contributed by atoms with van der Waals surface area (Å²) >= 11 is 0. The minimum Gasteiger partial charge on any atom is -0.467 e. The first-order chi connectivity index (χ1) is 16.6. The second kappa shape index (κ2) is 11.2. The van der Waals surface area contributed by atoms with E-state index in [4.69, 9.17) is 14.2 Å². The molecule has 190 valence electrons. The smallest absolute Gasteiger partial charge is 0.410 e. The molecule has 1 saturated heterocycles. The van der Waals surface area contributed by atoms with Gasteiger partial charge in [0.1, 0.15) is 24.3 Å². The van der Waals surface area contributed by atoms with E-state index >= 15 is 0 Å². The summed E-state index contributed by atoms with van der Waals surface area (Å²) in [7, 11) is 1.23. The van der Waals surface area contributed by atoms with Crippen molar-refractivity contribution in [3.05, 3.63) is 48.0 Å². The van der Waals surface area contributed by atoms with Gasteiger partial charge in [0.15, 0.2) is 0 Å². The summed E-state index contributed by atoms with van der Waals surface area (Å²) in [4.78, 5) is 54.3. The Hall–Kier alpha value is -3.56. The Labute approximate surface area is 205 Å². The minimum atomic E-state index is -1.04. The first kappa shape index (κ1) is 26.1. The number of nitrogens with one attached hydrogen (secondary N) is 1. The summed E-state index contributed by atoms with van der Waals surface area (Å²) in [6.45, 7) is 5.37. The summed E-state index contributed by atoms with van der Waals surface area (Å²) in [6, 6.07) is 6.81. The highest BCUT2D eigenvalue weighted by molar-refractivity contribution is 5.91. The quantitative estimate of drug-likeness (QED) is 0.394. The van der Waals surface area contributed by atoms with E-state index in [1.165, 1.54) is 16.9 Å². The monoisotopic (exact) mass is 487 g/mol. The topological polar surface area (TPSA) is 114 Å². The van der Waals surface area contributed by atoms with Crippen LogP contribution in [0.15, 0.2) is 42.5 Å². The summed E-state index contributed by atoms with van der Waals surface area (Å²) in [5.74, 6) is -1.08. The van der Waals surface area contributed by atoms with Gasteiger partial charge in [-0.3, -0.25) is 4.79 Å². The number of alkyl carbamates (subject to hydrolysis) is 1. The fraction of sp³-hybridized carbons (Fsp3) is 0.520. The van der Waals surface area contributed by atoms with E-state index in [-0.39, 0.29) is 26.1 Å². The molecule has 3 amide bonds. The van der Waals surface area contributed by atoms with Crippen molar-refractivity contribution in [3.63, 3.8) is 0 Å². The summed E-state index contributed by atoms with van der Waals surface area (Å²) in [5, 5.41) is 2.61. The van der Waals surface area contributed by atoms with Gasteiger partial charge in [0, 0.05) is 6.54 Å². The molecule has 1 aromatic rings. The van der Waals surface area contributed by atoms with E-state index in [9.17, 15) is 19.2 Å². The molecule has 0 saturated carbocycles. The Kier molecular flexibility index (Phi) is 8.37. The molecule has 2 heterocycles. The molecule has 0 radical (unpaired) electrons. The molecule has 0 bridgehead atoms. The number of amides is 3. The number of benzene rings is 1. The van der Waals surface area contributed by atoms with Crippen molar-refractivity contribution < 1.29 is 33.4 Å². The van der Waals surface area contributed by atoms with Gasteiger partial charge in [0.25, 0.3) is 0 Å². The molecular weight excluding hydrogens is 454 g/mol. The van der Waals surface area contributed by atoms with E-state index in [1.807, 2.05) is 36.4 Å². The number of rotatable bonds is 4. The molecule has 3 atom stereocenters. The van der Waals surface area contributed by atoms with E-state index in [1.54, 1.807) is 26.8 Å². The Morgan fingerprint density at radius 1 is 1.06 bits per heavy atom. The Morgan fingerprint density at radius 2 is 1.74 bits per heavy atom. The fourth-order valence-corrected chi connectivity index (χ4v) is 4.11. The van der Waals surface area contributed by atoms with E-state index in [2.05, 4.69) is 5.32 Å². The van der Waals surface area contributed by atoms with Crippen molar-refractivity contribution in [2.24, 2.45) is 0 Å². The first-order valence-electron chi connectivity index (χ1n) is 11.6. The van der Waals surface area contributed by atoms with Gasteiger partial charge in [0.2, 0.25) is 5.91 Å². The van der Waals surface area contributed by atoms with E-state index in [0.29, 0.717) is 6.42 Å². The summed E-state index contributed by atoms with van der Waals surface area (Å²) in [6.07, 6.45) is 3.06. The van der Waals surface area contributed by atoms with Crippen LogP contribution in [0, 0.1) is 0 Å². The van der Waals surface area contributed by atoms with E-state index < -0.39 is 47.8 Å². The average molecular weight is 488 g/mol. The van der Waals surface area contributed by atoms with Gasteiger partial charge in [-0.2, -0.15) is 0 Å². The lowest BCUT2D eigenvalue weighted by atomic mass is 9.97. The maximum absolute atomic E-state index is 13.5. The molecule has 1 fully saturated rings. The van der Waals surface area contributed by atoms with Crippen LogP contribution in [0.4, 0.5) is 9.59 Å². The largest absolute Gasteiger partial charge is 0.467 e. The highest BCUT2D eigenvalue weighted by Gasteiger charge is 2.45. The normalized spacial score (nSPS) is 23.3. The highest BCUT2D eigenvalue weighted by Crippen LogP contribution is 2.25. The number of carbonyl (C=O) groups is 4. The fourth-order valence-electron chi connectivity index (χ4n) is 4.11. The maximum Gasteiger partial charge on any atom is 0.410 e. The lowest BCUT2D eigenvalue weighted by Crippen LogP contribution is -2.67. The third-order valence-corrected chi connectivity index (χ3v) is 5.68. The molecule has 10 heteroatoms. The van der Waals surface area contributed by atoms with Crippen LogP contribution in [0.2, 0.25) is 0 Å². The standard InChI is InChI=1S/C25H33N3O7/c1-25(2,3)35-23(31)26-19-13-9-8-12-18-14-27(15-20(22(30)33-4)28(18)21(19)29)24(32)34-16-17-10-6-5-7-11-17/h5-11,18-20H,12-16H2,1-4H3,(H,26,31)/b9-8-/t18-,19-,20-/m0/s1.